The van der Waals surface area contributed by atoms with Gasteiger partial charge in [-0.15, -0.1) is 0 Å². The summed E-state index contributed by atoms with van der Waals surface area (Å²) in [6.07, 6.45) is 7.32. The summed E-state index contributed by atoms with van der Waals surface area (Å²) < 4.78 is 0. The maximum absolute atomic E-state index is 10.1. The van der Waals surface area contributed by atoms with Crippen LogP contribution in [0, 0.1) is 0 Å². The highest BCUT2D eigenvalue weighted by molar-refractivity contribution is 5.84. The molecule has 3 heteroatoms. The third-order valence-corrected chi connectivity index (χ3v) is 4.80. The first-order valence-corrected chi connectivity index (χ1v) is 9.70. The maximum atomic E-state index is 10.1. The van der Waals surface area contributed by atoms with Crippen LogP contribution in [0.2, 0.25) is 0 Å². The monoisotopic (exact) mass is 389 g/mol. The van der Waals surface area contributed by atoms with E-state index in [-0.39, 0.29) is 0 Å². The summed E-state index contributed by atoms with van der Waals surface area (Å²) in [5.41, 5.74) is 4.05. The van der Waals surface area contributed by atoms with Gasteiger partial charge in [-0.2, -0.15) is 0 Å². The Labute approximate surface area is 174 Å². The highest BCUT2D eigenvalue weighted by Crippen LogP contribution is 2.25. The number of hydrogen-bond acceptors (Lipinski definition) is 3. The van der Waals surface area contributed by atoms with Gasteiger partial charge in [-0.3, -0.25) is 4.99 Å². The van der Waals surface area contributed by atoms with Crippen molar-refractivity contribution in [2.24, 2.45) is 4.99 Å². The van der Waals surface area contributed by atoms with Crippen LogP contribution < -0.4 is 0 Å². The van der Waals surface area contributed by atoms with Gasteiger partial charge in [-0.05, 0) is 80.2 Å². The van der Waals surface area contributed by atoms with Crippen molar-refractivity contribution < 1.29 is 10.2 Å². The van der Waals surface area contributed by atoms with Gasteiger partial charge in [0.1, 0.15) is 0 Å². The minimum atomic E-state index is -0.849. The van der Waals surface area contributed by atoms with E-state index >= 15 is 0 Å². The molecule has 29 heavy (non-hydrogen) atoms. The Balaban J connectivity index is 1.98. The predicted molar refractivity (Wildman–Crippen MR) is 124 cm³/mol. The average molecular weight is 390 g/mol. The van der Waals surface area contributed by atoms with Gasteiger partial charge in [-0.25, -0.2) is 0 Å². The summed E-state index contributed by atoms with van der Waals surface area (Å²) in [5, 5.41) is 20.0. The number of nitrogens with zero attached hydrogens (tertiary/aromatic N) is 1. The van der Waals surface area contributed by atoms with Crippen LogP contribution >= 0.6 is 0 Å². The molecule has 0 heterocycles. The summed E-state index contributed by atoms with van der Waals surface area (Å²) >= 11 is 0. The minimum absolute atomic E-state index is 0.834. The molecule has 0 aliphatic carbocycles. The van der Waals surface area contributed by atoms with Crippen molar-refractivity contribution in [2.75, 3.05) is 0 Å². The molecule has 0 saturated heterocycles. The van der Waals surface area contributed by atoms with E-state index in [9.17, 15) is 10.2 Å². The van der Waals surface area contributed by atoms with E-state index in [4.69, 9.17) is 0 Å². The first-order chi connectivity index (χ1) is 13.5. The number of aliphatic imine (C=N–C) groups is 1. The highest BCUT2D eigenvalue weighted by Gasteiger charge is 2.16. The van der Waals surface area contributed by atoms with Crippen LogP contribution in [0.1, 0.15) is 56.9 Å². The zero-order chi connectivity index (χ0) is 21.7. The van der Waals surface area contributed by atoms with Gasteiger partial charge in [0.15, 0.2) is 0 Å². The lowest BCUT2D eigenvalue weighted by Crippen LogP contribution is -2.15. The molecule has 0 atom stereocenters. The van der Waals surface area contributed by atoms with Crippen molar-refractivity contribution in [2.45, 2.75) is 45.8 Å². The van der Waals surface area contributed by atoms with Gasteiger partial charge in [0, 0.05) is 12.4 Å². The summed E-state index contributed by atoms with van der Waals surface area (Å²) in [7, 11) is 0. The lowest BCUT2D eigenvalue weighted by Gasteiger charge is -2.18. The molecular formula is C26H31NO2. The Kier molecular flexibility index (Phi) is 7.12. The zero-order valence-corrected chi connectivity index (χ0v) is 18.0. The molecular weight excluding hydrogens is 358 g/mol. The first kappa shape index (κ1) is 22.5. The Morgan fingerprint density at radius 2 is 1.34 bits per heavy atom. The molecule has 0 bridgehead atoms. The quantitative estimate of drug-likeness (QED) is 0.461. The molecule has 0 spiro atoms. The minimum Gasteiger partial charge on any atom is -0.386 e. The Morgan fingerprint density at radius 3 is 1.83 bits per heavy atom. The Hall–Kier alpha value is -2.75. The molecule has 0 radical (unpaired) electrons. The summed E-state index contributed by atoms with van der Waals surface area (Å²) in [6.45, 7) is 13.2. The SMILES string of the molecule is C=C(\C(C)=C/C=N/C=C/c1ccc(C(C)(C)O)cc1)c1ccc(C(C)(C)O)cc1. The molecule has 2 aromatic rings. The smallest absolute Gasteiger partial charge is 0.0840 e. The molecule has 3 nitrogen and oxygen atoms in total. The third kappa shape index (κ3) is 6.67. The number of allylic oxidation sites excluding steroid dienone is 3. The third-order valence-electron chi connectivity index (χ3n) is 4.80. The molecule has 0 saturated carbocycles. The summed E-state index contributed by atoms with van der Waals surface area (Å²) in [4.78, 5) is 4.29. The predicted octanol–water partition coefficient (Wildman–Crippen LogP) is 5.84. The van der Waals surface area contributed by atoms with Crippen LogP contribution in [0.5, 0.6) is 0 Å². The van der Waals surface area contributed by atoms with Crippen molar-refractivity contribution >= 4 is 17.9 Å². The van der Waals surface area contributed by atoms with Crippen molar-refractivity contribution in [3.8, 4) is 0 Å². The first-order valence-electron chi connectivity index (χ1n) is 9.70. The van der Waals surface area contributed by atoms with E-state index in [0.29, 0.717) is 0 Å². The number of rotatable bonds is 7. The fourth-order valence-corrected chi connectivity index (χ4v) is 2.74. The van der Waals surface area contributed by atoms with Gasteiger partial charge >= 0.3 is 0 Å². The number of benzene rings is 2. The fraction of sp³-hybridized carbons (Fsp3) is 0.269. The van der Waals surface area contributed by atoms with Gasteiger partial charge in [0.2, 0.25) is 0 Å². The van der Waals surface area contributed by atoms with E-state index in [1.807, 2.05) is 67.6 Å². The van der Waals surface area contributed by atoms with Gasteiger partial charge in [-0.1, -0.05) is 55.1 Å². The Morgan fingerprint density at radius 1 is 0.862 bits per heavy atom. The number of hydrogen-bond donors (Lipinski definition) is 2. The van der Waals surface area contributed by atoms with Crippen molar-refractivity contribution in [1.82, 2.24) is 0 Å². The average Bonchev–Trinajstić information content (AvgIpc) is 2.66. The van der Waals surface area contributed by atoms with Gasteiger partial charge < -0.3 is 10.2 Å². The molecule has 0 aromatic heterocycles. The zero-order valence-electron chi connectivity index (χ0n) is 18.0. The van der Waals surface area contributed by atoms with E-state index in [1.165, 1.54) is 0 Å². The van der Waals surface area contributed by atoms with Crippen molar-refractivity contribution in [3.05, 3.63) is 95.2 Å². The van der Waals surface area contributed by atoms with Crippen LogP contribution in [-0.4, -0.2) is 16.4 Å². The molecule has 0 fully saturated rings. The summed E-state index contributed by atoms with van der Waals surface area (Å²) in [6, 6.07) is 15.5. The highest BCUT2D eigenvalue weighted by atomic mass is 16.3. The topological polar surface area (TPSA) is 52.8 Å². The van der Waals surface area contributed by atoms with E-state index in [0.717, 1.165) is 33.4 Å². The molecule has 0 amide bonds. The molecule has 0 aliphatic rings. The number of aliphatic hydroxyl groups is 2. The molecule has 2 aromatic carbocycles. The lowest BCUT2D eigenvalue weighted by atomic mass is 9.94. The van der Waals surface area contributed by atoms with E-state index in [2.05, 4.69) is 11.6 Å². The van der Waals surface area contributed by atoms with Crippen molar-refractivity contribution in [1.29, 1.82) is 0 Å². The van der Waals surface area contributed by atoms with Crippen LogP contribution in [0.4, 0.5) is 0 Å². The van der Waals surface area contributed by atoms with Crippen molar-refractivity contribution in [3.63, 3.8) is 0 Å². The van der Waals surface area contributed by atoms with Crippen LogP contribution in [0.3, 0.4) is 0 Å². The second kappa shape index (κ2) is 9.17. The van der Waals surface area contributed by atoms with Crippen LogP contribution in [-0.2, 0) is 11.2 Å². The van der Waals surface area contributed by atoms with E-state index in [1.54, 1.807) is 40.1 Å². The maximum Gasteiger partial charge on any atom is 0.0840 e. The molecule has 2 rings (SSSR count). The Bertz CT molecular complexity index is 917. The normalized spacial score (nSPS) is 13.4. The van der Waals surface area contributed by atoms with E-state index < -0.39 is 11.2 Å². The van der Waals surface area contributed by atoms with Crippen LogP contribution in [0.25, 0.3) is 11.6 Å². The van der Waals surface area contributed by atoms with Gasteiger partial charge in [0.05, 0.1) is 11.2 Å². The molecule has 0 aliphatic heterocycles. The molecule has 0 unspecified atom stereocenters. The summed E-state index contributed by atoms with van der Waals surface area (Å²) in [5.74, 6) is 0. The second-order valence-corrected chi connectivity index (χ2v) is 8.26. The standard InChI is InChI=1S/C26H31NO2/c1-19(20(2)22-9-13-24(14-10-22)26(5,6)29)15-17-27-18-16-21-7-11-23(12-8-21)25(3,4)28/h7-18,28-29H,2H2,1,3-6H3/b18-16+,19-15-,27-17+. The van der Waals surface area contributed by atoms with Gasteiger partial charge in [0.25, 0.3) is 0 Å². The largest absolute Gasteiger partial charge is 0.386 e. The second-order valence-electron chi connectivity index (χ2n) is 8.26. The lowest BCUT2D eigenvalue weighted by molar-refractivity contribution is 0.0780. The molecule has 152 valence electrons. The fourth-order valence-electron chi connectivity index (χ4n) is 2.74. The van der Waals surface area contributed by atoms with Crippen LogP contribution in [0.15, 0.2) is 78.0 Å². The molecule has 2 N–H and O–H groups in total.